The molecular formula is C18H16O4S2. The lowest BCUT2D eigenvalue weighted by Gasteiger charge is -2.29. The van der Waals surface area contributed by atoms with Crippen molar-refractivity contribution in [2.75, 3.05) is 11.5 Å². The first-order valence-corrected chi connectivity index (χ1v) is 9.99. The third-order valence-electron chi connectivity index (χ3n) is 3.50. The summed E-state index contributed by atoms with van der Waals surface area (Å²) in [6.07, 6.45) is -0.895. The van der Waals surface area contributed by atoms with Crippen LogP contribution in [0.15, 0.2) is 60.7 Å². The number of esters is 2. The Labute approximate surface area is 148 Å². The second-order valence-corrected chi connectivity index (χ2v) is 7.74. The maximum absolute atomic E-state index is 12.2. The van der Waals surface area contributed by atoms with Crippen LogP contribution in [0.3, 0.4) is 0 Å². The lowest BCUT2D eigenvalue weighted by molar-refractivity contribution is -0.0212. The normalized spacial score (nSPS) is 20.2. The van der Waals surface area contributed by atoms with Gasteiger partial charge in [0.15, 0.2) is 0 Å². The van der Waals surface area contributed by atoms with Crippen molar-refractivity contribution in [2.45, 2.75) is 12.2 Å². The Kier molecular flexibility index (Phi) is 5.82. The molecule has 1 saturated heterocycles. The zero-order valence-corrected chi connectivity index (χ0v) is 14.4. The van der Waals surface area contributed by atoms with Crippen LogP contribution in [0.1, 0.15) is 20.7 Å². The smallest absolute Gasteiger partial charge is 0.338 e. The summed E-state index contributed by atoms with van der Waals surface area (Å²) in [5.41, 5.74) is 0.989. The van der Waals surface area contributed by atoms with Crippen LogP contribution in [0.4, 0.5) is 0 Å². The molecule has 2 atom stereocenters. The summed E-state index contributed by atoms with van der Waals surface area (Å²) < 4.78 is 11.2. The molecule has 0 radical (unpaired) electrons. The van der Waals surface area contributed by atoms with E-state index in [1.54, 1.807) is 70.1 Å². The van der Waals surface area contributed by atoms with E-state index < -0.39 is 24.1 Å². The Hall–Kier alpha value is -1.92. The topological polar surface area (TPSA) is 52.6 Å². The number of ether oxygens (including phenoxy) is 2. The highest BCUT2D eigenvalue weighted by atomic mass is 33.1. The van der Waals surface area contributed by atoms with E-state index in [4.69, 9.17) is 9.47 Å². The van der Waals surface area contributed by atoms with E-state index in [-0.39, 0.29) is 0 Å². The predicted octanol–water partition coefficient (Wildman–Crippen LogP) is 3.83. The first-order chi connectivity index (χ1) is 11.7. The molecule has 4 nitrogen and oxygen atoms in total. The molecule has 0 spiro atoms. The molecule has 0 amide bonds. The minimum atomic E-state index is -0.448. The van der Waals surface area contributed by atoms with E-state index in [2.05, 4.69) is 0 Å². The molecule has 1 aliphatic rings. The number of carbonyl (C=O) groups is 2. The van der Waals surface area contributed by atoms with Crippen LogP contribution in [-0.4, -0.2) is 35.7 Å². The van der Waals surface area contributed by atoms with E-state index in [0.717, 1.165) is 0 Å². The van der Waals surface area contributed by atoms with Crippen LogP contribution < -0.4 is 0 Å². The number of rotatable bonds is 4. The molecule has 0 aliphatic carbocycles. The van der Waals surface area contributed by atoms with E-state index in [9.17, 15) is 9.59 Å². The lowest BCUT2D eigenvalue weighted by atomic mass is 10.2. The largest absolute Gasteiger partial charge is 0.454 e. The zero-order chi connectivity index (χ0) is 16.8. The second-order valence-electron chi connectivity index (χ2n) is 5.19. The van der Waals surface area contributed by atoms with E-state index >= 15 is 0 Å². The minimum Gasteiger partial charge on any atom is -0.454 e. The molecule has 3 rings (SSSR count). The van der Waals surface area contributed by atoms with Crippen molar-refractivity contribution in [3.63, 3.8) is 0 Å². The third-order valence-corrected chi connectivity index (χ3v) is 5.91. The van der Waals surface area contributed by atoms with Gasteiger partial charge >= 0.3 is 11.9 Å². The molecule has 0 saturated carbocycles. The van der Waals surface area contributed by atoms with Crippen LogP contribution in [0.25, 0.3) is 0 Å². The van der Waals surface area contributed by atoms with E-state index in [1.807, 2.05) is 12.1 Å². The summed E-state index contributed by atoms with van der Waals surface area (Å²) in [7, 11) is 3.23. The van der Waals surface area contributed by atoms with Crippen LogP contribution >= 0.6 is 21.6 Å². The molecule has 124 valence electrons. The summed E-state index contributed by atoms with van der Waals surface area (Å²) in [6, 6.07) is 17.7. The van der Waals surface area contributed by atoms with Crippen LogP contribution in [0.5, 0.6) is 0 Å². The predicted molar refractivity (Wildman–Crippen MR) is 96.2 cm³/mol. The summed E-state index contributed by atoms with van der Waals surface area (Å²) in [6.45, 7) is 0. The molecule has 0 aromatic heterocycles. The quantitative estimate of drug-likeness (QED) is 0.610. The minimum absolute atomic E-state index is 0.395. The van der Waals surface area contributed by atoms with E-state index in [1.165, 1.54) is 0 Å². The molecular weight excluding hydrogens is 344 g/mol. The SMILES string of the molecule is O=C(O[C@H]1CSSC[C@@H]1OC(=O)c1ccccc1)c1ccccc1. The van der Waals surface area contributed by atoms with Gasteiger partial charge in [0.05, 0.1) is 11.1 Å². The molecule has 24 heavy (non-hydrogen) atoms. The molecule has 0 bridgehead atoms. The summed E-state index contributed by atoms with van der Waals surface area (Å²) in [5, 5.41) is 0. The molecule has 1 fully saturated rings. The van der Waals surface area contributed by atoms with Crippen molar-refractivity contribution in [3.8, 4) is 0 Å². The molecule has 1 heterocycles. The van der Waals surface area contributed by atoms with Gasteiger partial charge in [-0.05, 0) is 24.3 Å². The van der Waals surface area contributed by atoms with Crippen molar-refractivity contribution in [3.05, 3.63) is 71.8 Å². The highest BCUT2D eigenvalue weighted by Gasteiger charge is 2.33. The third kappa shape index (κ3) is 4.33. The Morgan fingerprint density at radius 1 is 0.708 bits per heavy atom. The van der Waals surface area contributed by atoms with Gasteiger partial charge in [0, 0.05) is 11.5 Å². The summed E-state index contributed by atoms with van der Waals surface area (Å²) >= 11 is 0. The number of hydrogen-bond acceptors (Lipinski definition) is 6. The van der Waals surface area contributed by atoms with Crippen LogP contribution in [-0.2, 0) is 9.47 Å². The van der Waals surface area contributed by atoms with Crippen molar-refractivity contribution in [1.29, 1.82) is 0 Å². The monoisotopic (exact) mass is 360 g/mol. The van der Waals surface area contributed by atoms with Gasteiger partial charge in [-0.15, -0.1) is 0 Å². The maximum Gasteiger partial charge on any atom is 0.338 e. The maximum atomic E-state index is 12.2. The Morgan fingerprint density at radius 2 is 1.08 bits per heavy atom. The molecule has 1 aliphatic heterocycles. The van der Waals surface area contributed by atoms with Gasteiger partial charge in [-0.3, -0.25) is 0 Å². The van der Waals surface area contributed by atoms with Gasteiger partial charge in [-0.25, -0.2) is 9.59 Å². The first-order valence-electron chi connectivity index (χ1n) is 7.50. The van der Waals surface area contributed by atoms with Gasteiger partial charge in [-0.2, -0.15) is 0 Å². The fourth-order valence-electron chi connectivity index (χ4n) is 2.22. The van der Waals surface area contributed by atoms with Gasteiger partial charge in [0.25, 0.3) is 0 Å². The molecule has 6 heteroatoms. The summed E-state index contributed by atoms with van der Waals surface area (Å²) in [4.78, 5) is 24.5. The molecule has 2 aromatic carbocycles. The molecule has 2 aromatic rings. The van der Waals surface area contributed by atoms with Gasteiger partial charge in [0.1, 0.15) is 12.2 Å². The number of benzene rings is 2. The Balaban J connectivity index is 1.65. The van der Waals surface area contributed by atoms with Crippen molar-refractivity contribution in [1.82, 2.24) is 0 Å². The second kappa shape index (κ2) is 8.26. The highest BCUT2D eigenvalue weighted by molar-refractivity contribution is 8.76. The molecule has 0 N–H and O–H groups in total. The zero-order valence-electron chi connectivity index (χ0n) is 12.8. The van der Waals surface area contributed by atoms with Gasteiger partial charge in [-0.1, -0.05) is 58.0 Å². The Bertz CT molecular complexity index is 629. The fourth-order valence-corrected chi connectivity index (χ4v) is 4.63. The van der Waals surface area contributed by atoms with Crippen molar-refractivity contribution in [2.24, 2.45) is 0 Å². The Morgan fingerprint density at radius 3 is 1.46 bits per heavy atom. The van der Waals surface area contributed by atoms with Crippen LogP contribution in [0, 0.1) is 0 Å². The first kappa shape index (κ1) is 16.9. The average Bonchev–Trinajstić information content (AvgIpc) is 2.64. The molecule has 0 unspecified atom stereocenters. The number of hydrogen-bond donors (Lipinski definition) is 0. The van der Waals surface area contributed by atoms with Gasteiger partial charge < -0.3 is 9.47 Å². The number of carbonyl (C=O) groups excluding carboxylic acids is 2. The fraction of sp³-hybridized carbons (Fsp3) is 0.222. The lowest BCUT2D eigenvalue weighted by Crippen LogP contribution is -2.40. The van der Waals surface area contributed by atoms with Gasteiger partial charge in [0.2, 0.25) is 0 Å². The standard InChI is InChI=1S/C18H16O4S2/c19-17(13-7-3-1-4-8-13)21-15-11-23-24-12-16(15)22-18(20)14-9-5-2-6-10-14/h1-10,15-16H,11-12H2/t15-,16-/m0/s1. The van der Waals surface area contributed by atoms with Crippen LogP contribution in [0.2, 0.25) is 0 Å². The highest BCUT2D eigenvalue weighted by Crippen LogP contribution is 2.33. The summed E-state index contributed by atoms with van der Waals surface area (Å²) in [5.74, 6) is 0.397. The van der Waals surface area contributed by atoms with Crippen molar-refractivity contribution >= 4 is 33.5 Å². The van der Waals surface area contributed by atoms with E-state index in [0.29, 0.717) is 22.6 Å². The van der Waals surface area contributed by atoms with Crippen molar-refractivity contribution < 1.29 is 19.1 Å². The average molecular weight is 360 g/mol.